The minimum Gasteiger partial charge on any atom is -0.400 e. The SMILES string of the molecule is CNCC(=Cc1ccc(Br)c(C(F)(F)F)c1)B1OC(C)(C)C(C)(C)O1. The van der Waals surface area contributed by atoms with Gasteiger partial charge in [-0.25, -0.2) is 0 Å². The lowest BCUT2D eigenvalue weighted by molar-refractivity contribution is -0.138. The minimum absolute atomic E-state index is 0.0166. The number of nitrogens with one attached hydrogen (secondary N) is 1. The Morgan fingerprint density at radius 1 is 1.20 bits per heavy atom. The molecule has 0 amide bonds. The molecular formula is C17H22BBrF3NO2. The molecule has 0 bridgehead atoms. The number of halogens is 4. The molecule has 138 valence electrons. The van der Waals surface area contributed by atoms with Gasteiger partial charge in [-0.1, -0.05) is 28.1 Å². The van der Waals surface area contributed by atoms with Crippen molar-refractivity contribution in [2.75, 3.05) is 13.6 Å². The summed E-state index contributed by atoms with van der Waals surface area (Å²) in [6.45, 7) is 8.18. The molecule has 1 saturated heterocycles. The van der Waals surface area contributed by atoms with Crippen LogP contribution >= 0.6 is 15.9 Å². The van der Waals surface area contributed by atoms with Gasteiger partial charge >= 0.3 is 13.3 Å². The Labute approximate surface area is 155 Å². The minimum atomic E-state index is -4.42. The van der Waals surface area contributed by atoms with E-state index in [-0.39, 0.29) is 4.47 Å². The van der Waals surface area contributed by atoms with Gasteiger partial charge in [0.15, 0.2) is 0 Å². The summed E-state index contributed by atoms with van der Waals surface area (Å²) in [7, 11) is 1.15. The molecular weight excluding hydrogens is 398 g/mol. The van der Waals surface area contributed by atoms with Crippen molar-refractivity contribution in [2.24, 2.45) is 0 Å². The summed E-state index contributed by atoms with van der Waals surface area (Å²) in [5.41, 5.74) is -0.561. The van der Waals surface area contributed by atoms with E-state index < -0.39 is 30.1 Å². The zero-order chi connectivity index (χ0) is 19.0. The summed E-state index contributed by atoms with van der Waals surface area (Å²) in [5.74, 6) is 0. The Bertz CT molecular complexity index is 658. The molecule has 0 aliphatic carbocycles. The van der Waals surface area contributed by atoms with Crippen LogP contribution in [-0.4, -0.2) is 31.9 Å². The predicted octanol–water partition coefficient (Wildman–Crippen LogP) is 4.70. The van der Waals surface area contributed by atoms with Crippen molar-refractivity contribution in [1.82, 2.24) is 5.32 Å². The molecule has 0 unspecified atom stereocenters. The summed E-state index contributed by atoms with van der Waals surface area (Å²) in [6, 6.07) is 4.14. The second kappa shape index (κ2) is 7.06. The van der Waals surface area contributed by atoms with Crippen molar-refractivity contribution in [3.05, 3.63) is 39.3 Å². The molecule has 25 heavy (non-hydrogen) atoms. The highest BCUT2D eigenvalue weighted by atomic mass is 79.9. The highest BCUT2D eigenvalue weighted by Crippen LogP contribution is 2.39. The van der Waals surface area contributed by atoms with E-state index in [2.05, 4.69) is 21.2 Å². The van der Waals surface area contributed by atoms with Gasteiger partial charge in [0, 0.05) is 11.0 Å². The van der Waals surface area contributed by atoms with Gasteiger partial charge in [0.05, 0.1) is 16.8 Å². The van der Waals surface area contributed by atoms with E-state index in [0.29, 0.717) is 12.1 Å². The Hall–Kier alpha value is -0.825. The van der Waals surface area contributed by atoms with Crippen molar-refractivity contribution in [2.45, 2.75) is 45.1 Å². The van der Waals surface area contributed by atoms with Crippen molar-refractivity contribution in [3.63, 3.8) is 0 Å². The summed E-state index contributed by atoms with van der Waals surface area (Å²) in [4.78, 5) is 0. The molecule has 1 aromatic rings. The first-order valence-corrected chi connectivity index (χ1v) is 8.74. The zero-order valence-electron chi connectivity index (χ0n) is 14.9. The van der Waals surface area contributed by atoms with Crippen LogP contribution in [0, 0.1) is 0 Å². The largest absolute Gasteiger partial charge is 0.491 e. The fraction of sp³-hybridized carbons (Fsp3) is 0.529. The maximum Gasteiger partial charge on any atom is 0.491 e. The van der Waals surface area contributed by atoms with E-state index in [1.165, 1.54) is 6.07 Å². The van der Waals surface area contributed by atoms with Crippen LogP contribution in [0.4, 0.5) is 13.2 Å². The van der Waals surface area contributed by atoms with Gasteiger partial charge < -0.3 is 14.6 Å². The lowest BCUT2D eigenvalue weighted by Gasteiger charge is -2.32. The topological polar surface area (TPSA) is 30.5 Å². The third kappa shape index (κ3) is 4.48. The van der Waals surface area contributed by atoms with Crippen molar-refractivity contribution in [1.29, 1.82) is 0 Å². The molecule has 0 aromatic heterocycles. The van der Waals surface area contributed by atoms with E-state index in [1.807, 2.05) is 27.7 Å². The Balaban J connectivity index is 2.39. The van der Waals surface area contributed by atoms with Gasteiger partial charge in [-0.15, -0.1) is 0 Å². The standard InChI is InChI=1S/C17H22BBrF3NO2/c1-15(2)16(3,4)25-18(24-15)12(10-23-5)8-11-6-7-14(19)13(9-11)17(20,21)22/h6-9,23H,10H2,1-5H3. The highest BCUT2D eigenvalue weighted by Gasteiger charge is 2.52. The van der Waals surface area contributed by atoms with E-state index in [9.17, 15) is 13.2 Å². The maximum absolute atomic E-state index is 13.1. The third-order valence-electron chi connectivity index (χ3n) is 4.58. The van der Waals surface area contributed by atoms with Gasteiger partial charge in [-0.05, 0) is 57.9 Å². The van der Waals surface area contributed by atoms with Crippen LogP contribution in [0.2, 0.25) is 0 Å². The van der Waals surface area contributed by atoms with Gasteiger partial charge in [-0.3, -0.25) is 0 Å². The molecule has 1 aromatic carbocycles. The molecule has 1 aliphatic heterocycles. The first kappa shape index (κ1) is 20.5. The quantitative estimate of drug-likeness (QED) is 0.717. The Morgan fingerprint density at radius 3 is 2.24 bits per heavy atom. The summed E-state index contributed by atoms with van der Waals surface area (Å²) in [5, 5.41) is 3.02. The number of hydrogen-bond donors (Lipinski definition) is 1. The fourth-order valence-electron chi connectivity index (χ4n) is 2.46. The zero-order valence-corrected chi connectivity index (χ0v) is 16.5. The highest BCUT2D eigenvalue weighted by molar-refractivity contribution is 9.10. The number of hydrogen-bond acceptors (Lipinski definition) is 3. The average Bonchev–Trinajstić information content (AvgIpc) is 2.67. The molecule has 1 heterocycles. The van der Waals surface area contributed by atoms with Gasteiger partial charge in [0.2, 0.25) is 0 Å². The van der Waals surface area contributed by atoms with E-state index in [1.54, 1.807) is 19.2 Å². The first-order chi connectivity index (χ1) is 11.4. The van der Waals surface area contributed by atoms with Crippen molar-refractivity contribution >= 4 is 29.1 Å². The Morgan fingerprint density at radius 2 is 1.76 bits per heavy atom. The number of alkyl halides is 3. The van der Waals surface area contributed by atoms with Crippen LogP contribution < -0.4 is 5.32 Å². The van der Waals surface area contributed by atoms with Crippen LogP contribution in [0.1, 0.15) is 38.8 Å². The predicted molar refractivity (Wildman–Crippen MR) is 97.1 cm³/mol. The molecule has 1 fully saturated rings. The number of rotatable bonds is 4. The fourth-order valence-corrected chi connectivity index (χ4v) is 2.94. The van der Waals surface area contributed by atoms with Crippen molar-refractivity contribution in [3.8, 4) is 0 Å². The van der Waals surface area contributed by atoms with Crippen LogP contribution in [0.5, 0.6) is 0 Å². The molecule has 0 saturated carbocycles. The van der Waals surface area contributed by atoms with E-state index in [4.69, 9.17) is 9.31 Å². The maximum atomic E-state index is 13.1. The smallest absolute Gasteiger partial charge is 0.400 e. The number of likely N-dealkylation sites (N-methyl/N-ethyl adjacent to an activating group) is 1. The molecule has 0 spiro atoms. The molecule has 0 radical (unpaired) electrons. The first-order valence-electron chi connectivity index (χ1n) is 7.95. The average molecular weight is 420 g/mol. The van der Waals surface area contributed by atoms with Gasteiger partial charge in [0.1, 0.15) is 0 Å². The Kier molecular flexibility index (Phi) is 5.79. The lowest BCUT2D eigenvalue weighted by Crippen LogP contribution is -2.41. The monoisotopic (exact) mass is 419 g/mol. The van der Waals surface area contributed by atoms with Crippen molar-refractivity contribution < 1.29 is 22.5 Å². The molecule has 1 aliphatic rings. The molecule has 8 heteroatoms. The summed E-state index contributed by atoms with van der Waals surface area (Å²) >= 11 is 2.96. The molecule has 3 nitrogen and oxygen atoms in total. The second-order valence-corrected chi connectivity index (χ2v) is 7.93. The molecule has 0 atom stereocenters. The lowest BCUT2D eigenvalue weighted by atomic mass is 9.77. The number of benzene rings is 1. The van der Waals surface area contributed by atoms with Gasteiger partial charge in [-0.2, -0.15) is 13.2 Å². The van der Waals surface area contributed by atoms with Crippen LogP contribution in [0.3, 0.4) is 0 Å². The van der Waals surface area contributed by atoms with Crippen LogP contribution in [0.25, 0.3) is 6.08 Å². The second-order valence-electron chi connectivity index (χ2n) is 7.07. The third-order valence-corrected chi connectivity index (χ3v) is 5.28. The summed E-state index contributed by atoms with van der Waals surface area (Å²) in [6.07, 6.45) is -2.74. The molecule has 1 N–H and O–H groups in total. The molecule has 2 rings (SSSR count). The normalized spacial score (nSPS) is 20.2. The van der Waals surface area contributed by atoms with E-state index in [0.717, 1.165) is 11.5 Å². The van der Waals surface area contributed by atoms with E-state index >= 15 is 0 Å². The van der Waals surface area contributed by atoms with Gasteiger partial charge in [0.25, 0.3) is 0 Å². The summed E-state index contributed by atoms with van der Waals surface area (Å²) < 4.78 is 51.4. The van der Waals surface area contributed by atoms with Crippen LogP contribution in [-0.2, 0) is 15.5 Å². The van der Waals surface area contributed by atoms with Crippen LogP contribution in [0.15, 0.2) is 28.1 Å².